The maximum Gasteiger partial charge on any atom is 0.264 e. The van der Waals surface area contributed by atoms with Crippen LogP contribution in [0, 0.1) is 13.8 Å². The molecule has 1 unspecified atom stereocenters. The van der Waals surface area contributed by atoms with Gasteiger partial charge in [0.1, 0.15) is 5.75 Å². The molecule has 0 fully saturated rings. The van der Waals surface area contributed by atoms with E-state index in [2.05, 4.69) is 15.9 Å². The summed E-state index contributed by atoms with van der Waals surface area (Å²) >= 11 is 3.40. The lowest BCUT2D eigenvalue weighted by Gasteiger charge is -2.23. The van der Waals surface area contributed by atoms with Gasteiger partial charge in [-0.2, -0.15) is 0 Å². The van der Waals surface area contributed by atoms with Gasteiger partial charge < -0.3 is 15.1 Å². The minimum absolute atomic E-state index is 0.0769. The Morgan fingerprint density at radius 3 is 2.52 bits per heavy atom. The number of amides is 1. The van der Waals surface area contributed by atoms with Crippen LogP contribution < -0.4 is 4.90 Å². The molecule has 158 valence electrons. The second-order valence-electron chi connectivity index (χ2n) is 7.96. The number of anilines is 1. The lowest BCUT2D eigenvalue weighted by Crippen LogP contribution is -2.41. The second-order valence-corrected chi connectivity index (χ2v) is 8.88. The molecule has 2 N–H and O–H groups in total. The average Bonchev–Trinajstić information content (AvgIpc) is 2.91. The van der Waals surface area contributed by atoms with Crippen molar-refractivity contribution < 1.29 is 19.8 Å². The Morgan fingerprint density at radius 2 is 1.81 bits per heavy atom. The molecule has 6 heteroatoms. The number of halogens is 1. The van der Waals surface area contributed by atoms with Gasteiger partial charge in [0.25, 0.3) is 5.91 Å². The Balaban J connectivity index is 1.74. The van der Waals surface area contributed by atoms with Crippen molar-refractivity contribution in [2.45, 2.75) is 32.4 Å². The van der Waals surface area contributed by atoms with Gasteiger partial charge in [-0.3, -0.25) is 9.59 Å². The number of carbonyl (C=O) groups excluding carboxylic acids is 2. The number of rotatable bonds is 5. The highest BCUT2D eigenvalue weighted by atomic mass is 79.9. The standard InChI is InChI=1S/C25H22BrNO4/c1-15-7-8-17(16(2)11-15)14-27-21-10-9-18(26)12-20(21)25(31,24(27)30)13-23(29)19-5-3-4-6-22(19)28/h3-12,28,31H,13-14H2,1-2H3. The first kappa shape index (κ1) is 21.3. The van der Waals surface area contributed by atoms with E-state index < -0.39 is 23.7 Å². The highest BCUT2D eigenvalue weighted by Crippen LogP contribution is 2.45. The van der Waals surface area contributed by atoms with Gasteiger partial charge in [-0.25, -0.2) is 0 Å². The zero-order valence-electron chi connectivity index (χ0n) is 17.2. The van der Waals surface area contributed by atoms with E-state index in [0.717, 1.165) is 16.7 Å². The van der Waals surface area contributed by atoms with E-state index in [9.17, 15) is 19.8 Å². The van der Waals surface area contributed by atoms with Gasteiger partial charge >= 0.3 is 0 Å². The van der Waals surface area contributed by atoms with Gasteiger partial charge in [0.05, 0.1) is 24.2 Å². The largest absolute Gasteiger partial charge is 0.507 e. The monoisotopic (exact) mass is 479 g/mol. The van der Waals surface area contributed by atoms with Gasteiger partial charge in [-0.05, 0) is 55.3 Å². The zero-order chi connectivity index (χ0) is 22.3. The summed E-state index contributed by atoms with van der Waals surface area (Å²) in [5.41, 5.74) is 2.14. The summed E-state index contributed by atoms with van der Waals surface area (Å²) in [6, 6.07) is 17.4. The van der Waals surface area contributed by atoms with E-state index in [0.29, 0.717) is 15.7 Å². The van der Waals surface area contributed by atoms with Crippen LogP contribution in [0.2, 0.25) is 0 Å². The quantitative estimate of drug-likeness (QED) is 0.516. The summed E-state index contributed by atoms with van der Waals surface area (Å²) in [6.07, 6.45) is -0.462. The van der Waals surface area contributed by atoms with E-state index in [-0.39, 0.29) is 17.9 Å². The van der Waals surface area contributed by atoms with Crippen LogP contribution in [0.4, 0.5) is 5.69 Å². The number of phenols is 1. The fourth-order valence-electron chi connectivity index (χ4n) is 4.08. The SMILES string of the molecule is Cc1ccc(CN2C(=O)C(O)(CC(=O)c3ccccc3O)c3cc(Br)ccc32)c(C)c1. The average molecular weight is 480 g/mol. The Hall–Kier alpha value is -2.96. The Bertz CT molecular complexity index is 1210. The summed E-state index contributed by atoms with van der Waals surface area (Å²) < 4.78 is 0.695. The Kier molecular flexibility index (Phi) is 5.45. The van der Waals surface area contributed by atoms with Crippen molar-refractivity contribution >= 4 is 33.3 Å². The van der Waals surface area contributed by atoms with Crippen molar-refractivity contribution in [1.82, 2.24) is 0 Å². The summed E-state index contributed by atoms with van der Waals surface area (Å²) in [7, 11) is 0. The first-order valence-electron chi connectivity index (χ1n) is 9.92. The van der Waals surface area contributed by atoms with Crippen molar-refractivity contribution in [1.29, 1.82) is 0 Å². The molecule has 31 heavy (non-hydrogen) atoms. The van der Waals surface area contributed by atoms with E-state index in [1.54, 1.807) is 30.3 Å². The molecule has 0 bridgehead atoms. The van der Waals surface area contributed by atoms with E-state index >= 15 is 0 Å². The maximum atomic E-state index is 13.5. The number of carbonyl (C=O) groups is 2. The summed E-state index contributed by atoms with van der Waals surface area (Å²) in [5.74, 6) is -1.24. The number of aryl methyl sites for hydroxylation is 2. The Morgan fingerprint density at radius 1 is 1.06 bits per heavy atom. The number of benzene rings is 3. The molecule has 0 spiro atoms. The van der Waals surface area contributed by atoms with Crippen molar-refractivity contribution in [3.8, 4) is 5.75 Å². The molecule has 0 aliphatic carbocycles. The van der Waals surface area contributed by atoms with Crippen LogP contribution in [0.15, 0.2) is 65.1 Å². The molecule has 0 radical (unpaired) electrons. The van der Waals surface area contributed by atoms with Crippen molar-refractivity contribution in [3.63, 3.8) is 0 Å². The molecule has 1 atom stereocenters. The lowest BCUT2D eigenvalue weighted by molar-refractivity contribution is -0.136. The second kappa shape index (κ2) is 7.94. The van der Waals surface area contributed by atoms with E-state index in [1.807, 2.05) is 32.0 Å². The van der Waals surface area contributed by atoms with E-state index in [1.165, 1.54) is 17.0 Å². The minimum atomic E-state index is -2.02. The van der Waals surface area contributed by atoms with Crippen molar-refractivity contribution in [2.75, 3.05) is 4.90 Å². The van der Waals surface area contributed by atoms with Crippen LogP contribution in [0.3, 0.4) is 0 Å². The molecular formula is C25H22BrNO4. The number of ketones is 1. The first-order chi connectivity index (χ1) is 14.7. The number of phenolic OH excluding ortho intramolecular Hbond substituents is 1. The molecule has 1 aliphatic rings. The molecule has 1 aliphatic heterocycles. The molecule has 5 nitrogen and oxygen atoms in total. The smallest absolute Gasteiger partial charge is 0.264 e. The van der Waals surface area contributed by atoms with Crippen LogP contribution in [-0.2, 0) is 16.9 Å². The molecule has 4 rings (SSSR count). The number of fused-ring (bicyclic) bond motifs is 1. The van der Waals surface area contributed by atoms with Crippen LogP contribution in [0.5, 0.6) is 5.75 Å². The summed E-state index contributed by atoms with van der Waals surface area (Å²) in [4.78, 5) is 27.9. The summed E-state index contributed by atoms with van der Waals surface area (Å²) in [5, 5.41) is 21.5. The van der Waals surface area contributed by atoms with Gasteiger partial charge in [0, 0.05) is 10.0 Å². The molecule has 1 amide bonds. The molecule has 0 saturated heterocycles. The fraction of sp³-hybridized carbons (Fsp3) is 0.200. The van der Waals surface area contributed by atoms with Crippen molar-refractivity contribution in [3.05, 3.63) is 93.0 Å². The van der Waals surface area contributed by atoms with Gasteiger partial charge in [0.15, 0.2) is 11.4 Å². The van der Waals surface area contributed by atoms with Crippen LogP contribution in [0.25, 0.3) is 0 Å². The van der Waals surface area contributed by atoms with E-state index in [4.69, 9.17) is 0 Å². The topological polar surface area (TPSA) is 77.8 Å². The minimum Gasteiger partial charge on any atom is -0.507 e. The number of Topliss-reactive ketones (excluding diaryl/α,β-unsaturated/α-hetero) is 1. The predicted molar refractivity (Wildman–Crippen MR) is 122 cm³/mol. The normalized spacial score (nSPS) is 17.7. The molecule has 1 heterocycles. The van der Waals surface area contributed by atoms with Gasteiger partial charge in [-0.1, -0.05) is 51.8 Å². The third kappa shape index (κ3) is 3.77. The van der Waals surface area contributed by atoms with Gasteiger partial charge in [0.2, 0.25) is 0 Å². The molecule has 0 aromatic heterocycles. The number of hydrogen-bond donors (Lipinski definition) is 2. The first-order valence-corrected chi connectivity index (χ1v) is 10.7. The number of aliphatic hydroxyl groups is 1. The van der Waals surface area contributed by atoms with Crippen LogP contribution in [-0.4, -0.2) is 21.9 Å². The predicted octanol–water partition coefficient (Wildman–Crippen LogP) is 4.78. The van der Waals surface area contributed by atoms with Crippen molar-refractivity contribution in [2.24, 2.45) is 0 Å². The molecular weight excluding hydrogens is 458 g/mol. The van der Waals surface area contributed by atoms with Crippen LogP contribution >= 0.6 is 15.9 Å². The number of hydrogen-bond acceptors (Lipinski definition) is 4. The molecule has 3 aromatic carbocycles. The highest BCUT2D eigenvalue weighted by molar-refractivity contribution is 9.10. The number of aromatic hydroxyl groups is 1. The van der Waals surface area contributed by atoms with Crippen LogP contribution in [0.1, 0.15) is 39.0 Å². The number of nitrogens with zero attached hydrogens (tertiary/aromatic N) is 1. The third-order valence-corrected chi connectivity index (χ3v) is 6.23. The highest BCUT2D eigenvalue weighted by Gasteiger charge is 2.51. The zero-order valence-corrected chi connectivity index (χ0v) is 18.8. The lowest BCUT2D eigenvalue weighted by atomic mass is 9.88. The third-order valence-electron chi connectivity index (χ3n) is 5.74. The maximum absolute atomic E-state index is 13.5. The number of para-hydroxylation sites is 1. The summed E-state index contributed by atoms with van der Waals surface area (Å²) in [6.45, 7) is 4.28. The molecule has 3 aromatic rings. The van der Waals surface area contributed by atoms with Gasteiger partial charge in [-0.15, -0.1) is 0 Å². The Labute approximate surface area is 189 Å². The molecule has 0 saturated carbocycles. The fourth-order valence-corrected chi connectivity index (χ4v) is 4.44.